The lowest BCUT2D eigenvalue weighted by molar-refractivity contribution is -0.159. The van der Waals surface area contributed by atoms with Crippen LogP contribution in [-0.2, 0) is 9.59 Å². The van der Waals surface area contributed by atoms with E-state index in [1.807, 2.05) is 11.8 Å². The number of carbonyl (C=O) groups excluding carboxylic acids is 2. The van der Waals surface area contributed by atoms with Crippen molar-refractivity contribution in [2.75, 3.05) is 46.8 Å². The van der Waals surface area contributed by atoms with Gasteiger partial charge < -0.3 is 14.7 Å². The van der Waals surface area contributed by atoms with Crippen molar-refractivity contribution in [2.45, 2.75) is 37.9 Å². The molecule has 3 saturated heterocycles. The van der Waals surface area contributed by atoms with Gasteiger partial charge in [0.15, 0.2) is 0 Å². The summed E-state index contributed by atoms with van der Waals surface area (Å²) in [5.41, 5.74) is 0. The van der Waals surface area contributed by atoms with Gasteiger partial charge in [0, 0.05) is 38.8 Å². The fourth-order valence-electron chi connectivity index (χ4n) is 3.82. The third-order valence-electron chi connectivity index (χ3n) is 5.32. The van der Waals surface area contributed by atoms with E-state index in [1.165, 1.54) is 0 Å². The van der Waals surface area contributed by atoms with Crippen LogP contribution in [0.2, 0.25) is 0 Å². The van der Waals surface area contributed by atoms with Crippen molar-refractivity contribution in [1.82, 2.24) is 19.6 Å². The Bertz CT molecular complexity index is 441. The minimum atomic E-state index is -0.313. The Labute approximate surface area is 126 Å². The summed E-state index contributed by atoms with van der Waals surface area (Å²) in [4.78, 5) is 33.4. The van der Waals surface area contributed by atoms with Crippen molar-refractivity contribution in [1.29, 1.82) is 0 Å². The van der Waals surface area contributed by atoms with Gasteiger partial charge in [0.25, 0.3) is 0 Å². The molecule has 0 aliphatic carbocycles. The van der Waals surface area contributed by atoms with Crippen LogP contribution in [0.5, 0.6) is 0 Å². The normalized spacial score (nSPS) is 35.5. The molecular weight excluding hydrogens is 268 g/mol. The first-order valence-corrected chi connectivity index (χ1v) is 7.99. The molecule has 3 atom stereocenters. The zero-order valence-corrected chi connectivity index (χ0v) is 13.3. The topological polar surface area (TPSA) is 47.1 Å². The number of hydrogen-bond acceptors (Lipinski definition) is 4. The van der Waals surface area contributed by atoms with Crippen LogP contribution in [0.3, 0.4) is 0 Å². The van der Waals surface area contributed by atoms with Gasteiger partial charge in [0.05, 0.1) is 0 Å². The largest absolute Gasteiger partial charge is 0.329 e. The fourth-order valence-corrected chi connectivity index (χ4v) is 3.82. The van der Waals surface area contributed by atoms with E-state index >= 15 is 0 Å². The summed E-state index contributed by atoms with van der Waals surface area (Å²) < 4.78 is 0. The van der Waals surface area contributed by atoms with Gasteiger partial charge in [-0.3, -0.25) is 14.5 Å². The Kier molecular flexibility index (Phi) is 3.92. The maximum absolute atomic E-state index is 12.7. The van der Waals surface area contributed by atoms with E-state index in [1.54, 1.807) is 4.90 Å². The molecule has 0 spiro atoms. The maximum atomic E-state index is 12.7. The average molecular weight is 294 g/mol. The van der Waals surface area contributed by atoms with Crippen molar-refractivity contribution < 1.29 is 9.59 Å². The lowest BCUT2D eigenvalue weighted by Gasteiger charge is -2.45. The first-order chi connectivity index (χ1) is 9.99. The molecular formula is C15H26N4O2. The van der Waals surface area contributed by atoms with E-state index in [0.29, 0.717) is 12.6 Å². The summed E-state index contributed by atoms with van der Waals surface area (Å²) in [6.07, 6.45) is 1.78. The number of fused-ring (bicyclic) bond motifs is 1. The van der Waals surface area contributed by atoms with Gasteiger partial charge in [-0.05, 0) is 33.9 Å². The second kappa shape index (κ2) is 5.57. The quantitative estimate of drug-likeness (QED) is 0.686. The standard InChI is InChI=1S/C15H26N4O2/c1-11-14(20)18-6-4-5-13(18)15(21)19(11)10-12-9-16(2)7-8-17(12)3/h11-13H,4-10H2,1-3H3. The zero-order valence-electron chi connectivity index (χ0n) is 13.3. The molecule has 3 unspecified atom stereocenters. The van der Waals surface area contributed by atoms with Crippen LogP contribution in [0.1, 0.15) is 19.8 Å². The Morgan fingerprint density at radius 1 is 1.10 bits per heavy atom. The van der Waals surface area contributed by atoms with Crippen molar-refractivity contribution >= 4 is 11.8 Å². The fraction of sp³-hybridized carbons (Fsp3) is 0.867. The van der Waals surface area contributed by atoms with E-state index in [9.17, 15) is 9.59 Å². The minimum Gasteiger partial charge on any atom is -0.329 e. The smallest absolute Gasteiger partial charge is 0.246 e. The molecule has 0 aromatic rings. The molecule has 3 aliphatic heterocycles. The minimum absolute atomic E-state index is 0.129. The summed E-state index contributed by atoms with van der Waals surface area (Å²) in [6, 6.07) is -0.191. The average Bonchev–Trinajstić information content (AvgIpc) is 2.94. The summed E-state index contributed by atoms with van der Waals surface area (Å²) >= 11 is 0. The molecule has 0 bridgehead atoms. The number of carbonyl (C=O) groups is 2. The van der Waals surface area contributed by atoms with E-state index in [0.717, 1.165) is 39.0 Å². The Hall–Kier alpha value is -1.14. The van der Waals surface area contributed by atoms with Gasteiger partial charge in [0.1, 0.15) is 12.1 Å². The lowest BCUT2D eigenvalue weighted by atomic mass is 10.0. The van der Waals surface area contributed by atoms with Crippen molar-refractivity contribution in [2.24, 2.45) is 0 Å². The molecule has 0 aromatic carbocycles. The Morgan fingerprint density at radius 2 is 1.86 bits per heavy atom. The summed E-state index contributed by atoms with van der Waals surface area (Å²) in [5, 5.41) is 0. The van der Waals surface area contributed by atoms with E-state index < -0.39 is 0 Å². The molecule has 2 amide bonds. The second-order valence-corrected chi connectivity index (χ2v) is 6.75. The van der Waals surface area contributed by atoms with Gasteiger partial charge in [0.2, 0.25) is 11.8 Å². The van der Waals surface area contributed by atoms with Gasteiger partial charge >= 0.3 is 0 Å². The molecule has 0 N–H and O–H groups in total. The number of likely N-dealkylation sites (N-methyl/N-ethyl adjacent to an activating group) is 2. The van der Waals surface area contributed by atoms with Gasteiger partial charge in [-0.15, -0.1) is 0 Å². The molecule has 21 heavy (non-hydrogen) atoms. The highest BCUT2D eigenvalue weighted by Gasteiger charge is 2.46. The monoisotopic (exact) mass is 294 g/mol. The van der Waals surface area contributed by atoms with E-state index in [-0.39, 0.29) is 23.9 Å². The molecule has 3 fully saturated rings. The first kappa shape index (κ1) is 14.8. The predicted molar refractivity (Wildman–Crippen MR) is 79.8 cm³/mol. The van der Waals surface area contributed by atoms with Crippen LogP contribution < -0.4 is 0 Å². The van der Waals surface area contributed by atoms with Crippen LogP contribution in [0, 0.1) is 0 Å². The molecule has 118 valence electrons. The Morgan fingerprint density at radius 3 is 2.62 bits per heavy atom. The molecule has 0 aromatic heterocycles. The SMILES string of the molecule is CC1C(=O)N2CCCC2C(=O)N1CC1CN(C)CCN1C. The van der Waals surface area contributed by atoms with Gasteiger partial charge in [-0.25, -0.2) is 0 Å². The molecule has 3 aliphatic rings. The van der Waals surface area contributed by atoms with Gasteiger partial charge in [-0.2, -0.15) is 0 Å². The van der Waals surface area contributed by atoms with Crippen molar-refractivity contribution in [3.63, 3.8) is 0 Å². The van der Waals surface area contributed by atoms with E-state index in [2.05, 4.69) is 23.9 Å². The Balaban J connectivity index is 1.74. The third-order valence-corrected chi connectivity index (χ3v) is 5.32. The first-order valence-electron chi connectivity index (χ1n) is 7.99. The highest BCUT2D eigenvalue weighted by molar-refractivity contribution is 5.97. The van der Waals surface area contributed by atoms with Crippen LogP contribution in [0.25, 0.3) is 0 Å². The highest BCUT2D eigenvalue weighted by atomic mass is 16.2. The molecule has 3 rings (SSSR count). The number of piperazine rings is 2. The van der Waals surface area contributed by atoms with Crippen LogP contribution >= 0.6 is 0 Å². The maximum Gasteiger partial charge on any atom is 0.246 e. The molecule has 0 saturated carbocycles. The summed E-state index contributed by atoms with van der Waals surface area (Å²) in [6.45, 7) is 6.32. The number of rotatable bonds is 2. The highest BCUT2D eigenvalue weighted by Crippen LogP contribution is 2.27. The second-order valence-electron chi connectivity index (χ2n) is 6.75. The molecule has 6 heteroatoms. The molecule has 0 radical (unpaired) electrons. The zero-order chi connectivity index (χ0) is 15.1. The van der Waals surface area contributed by atoms with E-state index in [4.69, 9.17) is 0 Å². The summed E-state index contributed by atoms with van der Waals surface area (Å²) in [5.74, 6) is 0.283. The lowest BCUT2D eigenvalue weighted by Crippen LogP contribution is -2.65. The number of amides is 2. The van der Waals surface area contributed by atoms with Crippen LogP contribution in [0.15, 0.2) is 0 Å². The number of hydrogen-bond donors (Lipinski definition) is 0. The summed E-state index contributed by atoms with van der Waals surface area (Å²) in [7, 11) is 4.23. The molecule has 3 heterocycles. The van der Waals surface area contributed by atoms with Crippen LogP contribution in [0.4, 0.5) is 0 Å². The number of nitrogens with zero attached hydrogens (tertiary/aromatic N) is 4. The molecule has 6 nitrogen and oxygen atoms in total. The van der Waals surface area contributed by atoms with Crippen LogP contribution in [-0.4, -0.2) is 96.4 Å². The van der Waals surface area contributed by atoms with Crippen molar-refractivity contribution in [3.8, 4) is 0 Å². The predicted octanol–water partition coefficient (Wildman–Crippen LogP) is -0.546. The third kappa shape index (κ3) is 2.55. The van der Waals surface area contributed by atoms with Gasteiger partial charge in [-0.1, -0.05) is 0 Å². The van der Waals surface area contributed by atoms with Crippen molar-refractivity contribution in [3.05, 3.63) is 0 Å².